The highest BCUT2D eigenvalue weighted by Crippen LogP contribution is 2.26. The van der Waals surface area contributed by atoms with Crippen molar-refractivity contribution in [1.29, 1.82) is 0 Å². The molecule has 0 amide bonds. The molecule has 1 unspecified atom stereocenters. The summed E-state index contributed by atoms with van der Waals surface area (Å²) in [4.78, 5) is 0. The van der Waals surface area contributed by atoms with Crippen molar-refractivity contribution in [3.63, 3.8) is 0 Å². The molecular weight excluding hydrogens is 293 g/mol. The molecule has 0 aliphatic heterocycles. The van der Waals surface area contributed by atoms with E-state index < -0.39 is 0 Å². The summed E-state index contributed by atoms with van der Waals surface area (Å²) in [5, 5.41) is 11.9. The third-order valence-electron chi connectivity index (χ3n) is 2.44. The van der Waals surface area contributed by atoms with Gasteiger partial charge in [0.25, 0.3) is 0 Å². The van der Waals surface area contributed by atoms with Gasteiger partial charge < -0.3 is 5.32 Å². The minimum atomic E-state index is 0.0291. The highest BCUT2D eigenvalue weighted by molar-refractivity contribution is 6.33. The fourth-order valence-corrected chi connectivity index (χ4v) is 2.04. The highest BCUT2D eigenvalue weighted by Gasteiger charge is 2.10. The van der Waals surface area contributed by atoms with Gasteiger partial charge in [-0.2, -0.15) is 0 Å². The molecule has 0 spiro atoms. The van der Waals surface area contributed by atoms with Crippen LogP contribution in [-0.2, 0) is 0 Å². The van der Waals surface area contributed by atoms with E-state index >= 15 is 0 Å². The summed E-state index contributed by atoms with van der Waals surface area (Å²) in [6, 6.07) is 9.27. The number of anilines is 1. The fraction of sp³-hybridized carbons (Fsp3) is 0.167. The number of benzene rings is 1. The molecule has 0 saturated heterocycles. The molecular formula is C12H10Cl3N3. The molecule has 0 aliphatic carbocycles. The second-order valence-corrected chi connectivity index (χ2v) is 4.97. The zero-order valence-corrected chi connectivity index (χ0v) is 11.8. The minimum Gasteiger partial charge on any atom is -0.376 e. The summed E-state index contributed by atoms with van der Waals surface area (Å²) in [5.74, 6) is 0. The number of hydrogen-bond donors (Lipinski definition) is 1. The Hall–Kier alpha value is -1.03. The van der Waals surface area contributed by atoms with E-state index in [4.69, 9.17) is 34.8 Å². The molecule has 0 fully saturated rings. The Kier molecular flexibility index (Phi) is 4.27. The maximum Gasteiger partial charge on any atom is 0.174 e. The van der Waals surface area contributed by atoms with Crippen molar-refractivity contribution < 1.29 is 0 Å². The summed E-state index contributed by atoms with van der Waals surface area (Å²) < 4.78 is 0. The second-order valence-electron chi connectivity index (χ2n) is 3.79. The Bertz CT molecular complexity index is 560. The average Bonchev–Trinajstić information content (AvgIpc) is 2.34. The lowest BCUT2D eigenvalue weighted by Crippen LogP contribution is -2.07. The Labute approximate surface area is 120 Å². The van der Waals surface area contributed by atoms with Crippen LogP contribution in [0.25, 0.3) is 0 Å². The number of nitrogens with zero attached hydrogens (tertiary/aromatic N) is 2. The zero-order chi connectivity index (χ0) is 13.1. The number of rotatable bonds is 3. The number of halogens is 3. The van der Waals surface area contributed by atoms with Crippen LogP contribution in [-0.4, -0.2) is 10.2 Å². The molecule has 0 bridgehead atoms. The van der Waals surface area contributed by atoms with Gasteiger partial charge in [-0.1, -0.05) is 46.9 Å². The standard InChI is InChI=1S/C12H10Cl3N3/c1-7(8-3-2-4-9(13)5-8)16-10-6-11(14)17-18-12(10)15/h2-7H,1H3,(H,16,17). The van der Waals surface area contributed by atoms with Crippen molar-refractivity contribution in [3.05, 3.63) is 51.2 Å². The summed E-state index contributed by atoms with van der Waals surface area (Å²) in [6.45, 7) is 2.00. The van der Waals surface area contributed by atoms with Crippen LogP contribution < -0.4 is 5.32 Å². The molecule has 94 valence electrons. The molecule has 6 heteroatoms. The maximum absolute atomic E-state index is 5.95. The first-order valence-corrected chi connectivity index (χ1v) is 6.40. The first-order chi connectivity index (χ1) is 8.56. The Morgan fingerprint density at radius 1 is 1.11 bits per heavy atom. The van der Waals surface area contributed by atoms with Gasteiger partial charge in [0.2, 0.25) is 0 Å². The predicted molar refractivity (Wildman–Crippen MR) is 75.5 cm³/mol. The van der Waals surface area contributed by atoms with Gasteiger partial charge in [-0.25, -0.2) is 0 Å². The third kappa shape index (κ3) is 3.25. The fourth-order valence-electron chi connectivity index (χ4n) is 1.55. The van der Waals surface area contributed by atoms with Gasteiger partial charge in [0.15, 0.2) is 10.3 Å². The van der Waals surface area contributed by atoms with Crippen molar-refractivity contribution in [3.8, 4) is 0 Å². The molecule has 0 radical (unpaired) electrons. The SMILES string of the molecule is CC(Nc1cc(Cl)nnc1Cl)c1cccc(Cl)c1. The average molecular weight is 303 g/mol. The van der Waals surface area contributed by atoms with Crippen LogP contribution in [0.15, 0.2) is 30.3 Å². The molecule has 3 nitrogen and oxygen atoms in total. The van der Waals surface area contributed by atoms with E-state index in [1.165, 1.54) is 0 Å². The van der Waals surface area contributed by atoms with E-state index in [2.05, 4.69) is 15.5 Å². The number of hydrogen-bond acceptors (Lipinski definition) is 3. The first kappa shape index (κ1) is 13.4. The van der Waals surface area contributed by atoms with E-state index in [-0.39, 0.29) is 11.2 Å². The van der Waals surface area contributed by atoms with Gasteiger partial charge in [0.05, 0.1) is 5.69 Å². The Morgan fingerprint density at radius 3 is 2.61 bits per heavy atom. The normalized spacial score (nSPS) is 12.2. The molecule has 1 N–H and O–H groups in total. The lowest BCUT2D eigenvalue weighted by Gasteiger charge is -2.16. The van der Waals surface area contributed by atoms with Gasteiger partial charge in [0, 0.05) is 17.1 Å². The Morgan fingerprint density at radius 2 is 1.89 bits per heavy atom. The van der Waals surface area contributed by atoms with Crippen LogP contribution in [0.3, 0.4) is 0 Å². The predicted octanol–water partition coefficient (Wildman–Crippen LogP) is 4.61. The van der Waals surface area contributed by atoms with Crippen LogP contribution in [0.5, 0.6) is 0 Å². The van der Waals surface area contributed by atoms with Gasteiger partial charge >= 0.3 is 0 Å². The topological polar surface area (TPSA) is 37.8 Å². The van der Waals surface area contributed by atoms with E-state index in [0.717, 1.165) is 5.56 Å². The van der Waals surface area contributed by atoms with Crippen LogP contribution in [0, 0.1) is 0 Å². The maximum atomic E-state index is 5.95. The third-order valence-corrected chi connectivity index (χ3v) is 3.14. The molecule has 18 heavy (non-hydrogen) atoms. The number of aromatic nitrogens is 2. The quantitative estimate of drug-likeness (QED) is 0.899. The monoisotopic (exact) mass is 301 g/mol. The lowest BCUT2D eigenvalue weighted by atomic mass is 10.1. The smallest absolute Gasteiger partial charge is 0.174 e. The van der Waals surface area contributed by atoms with Gasteiger partial charge in [-0.15, -0.1) is 10.2 Å². The zero-order valence-electron chi connectivity index (χ0n) is 9.49. The van der Waals surface area contributed by atoms with Gasteiger partial charge in [-0.3, -0.25) is 0 Å². The van der Waals surface area contributed by atoms with Crippen LogP contribution in [0.2, 0.25) is 15.3 Å². The van der Waals surface area contributed by atoms with Crippen LogP contribution in [0.1, 0.15) is 18.5 Å². The molecule has 1 aromatic carbocycles. The van der Waals surface area contributed by atoms with Gasteiger partial charge in [-0.05, 0) is 24.6 Å². The van der Waals surface area contributed by atoms with E-state index in [1.807, 2.05) is 31.2 Å². The van der Waals surface area contributed by atoms with Crippen molar-refractivity contribution >= 4 is 40.5 Å². The van der Waals surface area contributed by atoms with Gasteiger partial charge in [0.1, 0.15) is 0 Å². The summed E-state index contributed by atoms with van der Waals surface area (Å²) >= 11 is 17.7. The molecule has 2 aromatic rings. The van der Waals surface area contributed by atoms with E-state index in [0.29, 0.717) is 15.9 Å². The lowest BCUT2D eigenvalue weighted by molar-refractivity contribution is 0.878. The Balaban J connectivity index is 2.21. The largest absolute Gasteiger partial charge is 0.376 e. The first-order valence-electron chi connectivity index (χ1n) is 5.27. The van der Waals surface area contributed by atoms with E-state index in [1.54, 1.807) is 6.07 Å². The van der Waals surface area contributed by atoms with Crippen LogP contribution in [0.4, 0.5) is 5.69 Å². The van der Waals surface area contributed by atoms with Crippen molar-refractivity contribution in [2.24, 2.45) is 0 Å². The molecule has 1 heterocycles. The number of nitrogens with one attached hydrogen (secondary N) is 1. The van der Waals surface area contributed by atoms with Crippen molar-refractivity contribution in [2.75, 3.05) is 5.32 Å². The molecule has 1 aromatic heterocycles. The van der Waals surface area contributed by atoms with Crippen molar-refractivity contribution in [1.82, 2.24) is 10.2 Å². The highest BCUT2D eigenvalue weighted by atomic mass is 35.5. The van der Waals surface area contributed by atoms with E-state index in [9.17, 15) is 0 Å². The second kappa shape index (κ2) is 5.74. The molecule has 0 saturated carbocycles. The molecule has 2 rings (SSSR count). The van der Waals surface area contributed by atoms with Crippen LogP contribution >= 0.6 is 34.8 Å². The summed E-state index contributed by atoms with van der Waals surface area (Å²) in [5.41, 5.74) is 1.69. The summed E-state index contributed by atoms with van der Waals surface area (Å²) in [7, 11) is 0. The molecule has 1 atom stereocenters. The van der Waals surface area contributed by atoms with Crippen molar-refractivity contribution in [2.45, 2.75) is 13.0 Å². The minimum absolute atomic E-state index is 0.0291. The summed E-state index contributed by atoms with van der Waals surface area (Å²) in [6.07, 6.45) is 0. The molecule has 0 aliphatic rings.